The molecule has 2 N–H and O–H groups in total. The van der Waals surface area contributed by atoms with Crippen LogP contribution in [0.2, 0.25) is 0 Å². The summed E-state index contributed by atoms with van der Waals surface area (Å²) in [4.78, 5) is 36.5. The van der Waals surface area contributed by atoms with Gasteiger partial charge in [0.05, 0.1) is 18.9 Å². The van der Waals surface area contributed by atoms with Gasteiger partial charge in [-0.1, -0.05) is 31.9 Å². The highest BCUT2D eigenvalue weighted by Gasteiger charge is 2.14. The van der Waals surface area contributed by atoms with E-state index in [2.05, 4.69) is 47.7 Å². The van der Waals surface area contributed by atoms with Crippen molar-refractivity contribution in [1.82, 2.24) is 5.43 Å². The van der Waals surface area contributed by atoms with E-state index < -0.39 is 17.8 Å². The van der Waals surface area contributed by atoms with Crippen LogP contribution in [-0.2, 0) is 9.59 Å². The largest absolute Gasteiger partial charge is 0.497 e. The van der Waals surface area contributed by atoms with E-state index in [0.717, 1.165) is 4.47 Å². The molecule has 10 heteroatoms. The molecule has 8 nitrogen and oxygen atoms in total. The number of esters is 1. The number of anilines is 1. The Morgan fingerprint density at radius 2 is 1.55 bits per heavy atom. The molecule has 0 radical (unpaired) electrons. The molecule has 0 fully saturated rings. The Bertz CT molecular complexity index is 1200. The van der Waals surface area contributed by atoms with Crippen LogP contribution in [0.25, 0.3) is 0 Å². The Labute approximate surface area is 206 Å². The van der Waals surface area contributed by atoms with Gasteiger partial charge in [0.2, 0.25) is 0 Å². The molecular weight excluding hydrogens is 558 g/mol. The maximum Gasteiger partial charge on any atom is 0.343 e. The number of nitrogens with zero attached hydrogens (tertiary/aromatic N) is 1. The molecule has 3 aromatic rings. The van der Waals surface area contributed by atoms with Crippen molar-refractivity contribution in [2.45, 2.75) is 0 Å². The Balaban J connectivity index is 1.65. The van der Waals surface area contributed by atoms with Crippen molar-refractivity contribution < 1.29 is 23.9 Å². The third-order valence-electron chi connectivity index (χ3n) is 4.18. The molecule has 33 heavy (non-hydrogen) atoms. The summed E-state index contributed by atoms with van der Waals surface area (Å²) in [5.74, 6) is -1.58. The van der Waals surface area contributed by atoms with E-state index in [9.17, 15) is 14.4 Å². The lowest BCUT2D eigenvalue weighted by Crippen LogP contribution is -2.32. The lowest BCUT2D eigenvalue weighted by Gasteiger charge is -2.08. The number of carbonyl (C=O) groups excluding carboxylic acids is 3. The molecule has 0 bridgehead atoms. The number of nitrogens with one attached hydrogen (secondary N) is 2. The van der Waals surface area contributed by atoms with Crippen LogP contribution in [0.4, 0.5) is 5.69 Å². The number of rotatable bonds is 6. The summed E-state index contributed by atoms with van der Waals surface area (Å²) in [6.07, 6.45) is 1.27. The molecule has 0 atom stereocenters. The SMILES string of the molecule is COc1ccc(C(=O)Oc2ccc(Br)cc2/C=N/NC(=O)C(=O)Nc2ccc(Br)cc2)cc1. The zero-order valence-electron chi connectivity index (χ0n) is 17.2. The van der Waals surface area contributed by atoms with Gasteiger partial charge in [-0.15, -0.1) is 0 Å². The maximum atomic E-state index is 12.5. The van der Waals surface area contributed by atoms with E-state index in [4.69, 9.17) is 9.47 Å². The van der Waals surface area contributed by atoms with E-state index >= 15 is 0 Å². The van der Waals surface area contributed by atoms with Gasteiger partial charge in [0.1, 0.15) is 11.5 Å². The average Bonchev–Trinajstić information content (AvgIpc) is 2.82. The fourth-order valence-electron chi connectivity index (χ4n) is 2.53. The van der Waals surface area contributed by atoms with E-state index in [-0.39, 0.29) is 5.75 Å². The van der Waals surface area contributed by atoms with E-state index in [1.54, 1.807) is 66.7 Å². The van der Waals surface area contributed by atoms with Gasteiger partial charge >= 0.3 is 17.8 Å². The van der Waals surface area contributed by atoms with Crippen LogP contribution in [0.5, 0.6) is 11.5 Å². The first-order valence-corrected chi connectivity index (χ1v) is 11.0. The minimum Gasteiger partial charge on any atom is -0.497 e. The number of hydrogen-bond donors (Lipinski definition) is 2. The van der Waals surface area contributed by atoms with Crippen molar-refractivity contribution in [3.63, 3.8) is 0 Å². The normalized spacial score (nSPS) is 10.5. The Morgan fingerprint density at radius 1 is 0.879 bits per heavy atom. The first-order valence-electron chi connectivity index (χ1n) is 9.41. The number of amides is 2. The topological polar surface area (TPSA) is 106 Å². The third kappa shape index (κ3) is 6.99. The molecule has 0 spiro atoms. The van der Waals surface area contributed by atoms with Gasteiger partial charge in [0, 0.05) is 20.2 Å². The smallest absolute Gasteiger partial charge is 0.343 e. The molecule has 3 aromatic carbocycles. The summed E-state index contributed by atoms with van der Waals surface area (Å²) in [7, 11) is 1.53. The number of carbonyl (C=O) groups is 3. The van der Waals surface area contributed by atoms with E-state index in [1.807, 2.05) is 0 Å². The summed E-state index contributed by atoms with van der Waals surface area (Å²) in [5.41, 5.74) is 3.34. The molecule has 0 aliphatic rings. The van der Waals surface area contributed by atoms with Gasteiger partial charge in [-0.2, -0.15) is 5.10 Å². The second-order valence-corrected chi connectivity index (χ2v) is 8.29. The second-order valence-electron chi connectivity index (χ2n) is 6.46. The van der Waals surface area contributed by atoms with E-state index in [0.29, 0.717) is 27.0 Å². The number of hydrazone groups is 1. The number of benzene rings is 3. The summed E-state index contributed by atoms with van der Waals surface area (Å²) in [5, 5.41) is 6.26. The van der Waals surface area contributed by atoms with Crippen molar-refractivity contribution in [2.24, 2.45) is 5.10 Å². The highest BCUT2D eigenvalue weighted by molar-refractivity contribution is 9.10. The predicted molar refractivity (Wildman–Crippen MR) is 131 cm³/mol. The van der Waals surface area contributed by atoms with Crippen LogP contribution in [0.3, 0.4) is 0 Å². The first kappa shape index (κ1) is 24.1. The monoisotopic (exact) mass is 573 g/mol. The minimum atomic E-state index is -0.957. The van der Waals surface area contributed by atoms with Crippen LogP contribution >= 0.6 is 31.9 Å². The van der Waals surface area contributed by atoms with Gasteiger partial charge in [0.25, 0.3) is 0 Å². The second kappa shape index (κ2) is 11.4. The van der Waals surface area contributed by atoms with Crippen molar-refractivity contribution in [3.05, 3.63) is 86.8 Å². The fourth-order valence-corrected chi connectivity index (χ4v) is 3.17. The number of methoxy groups -OCH3 is 1. The van der Waals surface area contributed by atoms with Gasteiger partial charge in [-0.25, -0.2) is 10.2 Å². The third-order valence-corrected chi connectivity index (χ3v) is 5.20. The van der Waals surface area contributed by atoms with Crippen LogP contribution in [-0.4, -0.2) is 31.1 Å². The van der Waals surface area contributed by atoms with Gasteiger partial charge in [-0.3, -0.25) is 9.59 Å². The fraction of sp³-hybridized carbons (Fsp3) is 0.0435. The number of hydrogen-bond acceptors (Lipinski definition) is 6. The quantitative estimate of drug-likeness (QED) is 0.148. The maximum absolute atomic E-state index is 12.5. The molecule has 0 unspecified atom stereocenters. The molecule has 0 saturated heterocycles. The van der Waals surface area contributed by atoms with Crippen molar-refractivity contribution in [1.29, 1.82) is 0 Å². The first-order chi connectivity index (χ1) is 15.9. The molecule has 0 heterocycles. The van der Waals surface area contributed by atoms with Gasteiger partial charge in [0.15, 0.2) is 0 Å². The summed E-state index contributed by atoms with van der Waals surface area (Å²) in [6, 6.07) is 18.1. The molecule has 168 valence electrons. The van der Waals surface area contributed by atoms with Crippen LogP contribution in [0, 0.1) is 0 Å². The van der Waals surface area contributed by atoms with Crippen molar-refractivity contribution in [3.8, 4) is 11.5 Å². The lowest BCUT2D eigenvalue weighted by atomic mass is 10.2. The number of halogens is 2. The van der Waals surface area contributed by atoms with Gasteiger partial charge in [-0.05, 0) is 66.7 Å². The number of ether oxygens (including phenoxy) is 2. The lowest BCUT2D eigenvalue weighted by molar-refractivity contribution is -0.136. The summed E-state index contributed by atoms with van der Waals surface area (Å²) < 4.78 is 12.1. The van der Waals surface area contributed by atoms with Gasteiger partial charge < -0.3 is 14.8 Å². The minimum absolute atomic E-state index is 0.219. The van der Waals surface area contributed by atoms with Crippen molar-refractivity contribution in [2.75, 3.05) is 12.4 Å². The van der Waals surface area contributed by atoms with Crippen molar-refractivity contribution >= 4 is 61.5 Å². The molecule has 3 rings (SSSR count). The average molecular weight is 575 g/mol. The highest BCUT2D eigenvalue weighted by atomic mass is 79.9. The summed E-state index contributed by atoms with van der Waals surface area (Å²) in [6.45, 7) is 0. The molecule has 2 amide bonds. The predicted octanol–water partition coefficient (Wildman–Crippen LogP) is 4.53. The molecule has 0 aliphatic heterocycles. The Morgan fingerprint density at radius 3 is 2.21 bits per heavy atom. The van der Waals surface area contributed by atoms with Crippen LogP contribution in [0.15, 0.2) is 80.8 Å². The molecule has 0 saturated carbocycles. The molecule has 0 aromatic heterocycles. The molecular formula is C23H17Br2N3O5. The zero-order chi connectivity index (χ0) is 23.8. The highest BCUT2D eigenvalue weighted by Crippen LogP contribution is 2.23. The van der Waals surface area contributed by atoms with Crippen LogP contribution < -0.4 is 20.2 Å². The standard InChI is InChI=1S/C23H17Br2N3O5/c1-32-19-9-2-14(3-10-19)23(31)33-20-11-6-17(25)12-15(20)13-26-28-22(30)21(29)27-18-7-4-16(24)5-8-18/h2-13H,1H3,(H,27,29)(H,28,30)/b26-13+. The Kier molecular flexibility index (Phi) is 8.34. The Hall–Kier alpha value is -3.50. The van der Waals surface area contributed by atoms with E-state index in [1.165, 1.54) is 13.3 Å². The van der Waals surface area contributed by atoms with Crippen LogP contribution in [0.1, 0.15) is 15.9 Å². The molecule has 0 aliphatic carbocycles. The zero-order valence-corrected chi connectivity index (χ0v) is 20.3. The summed E-state index contributed by atoms with van der Waals surface area (Å²) >= 11 is 6.63.